The van der Waals surface area contributed by atoms with Crippen LogP contribution in [0.5, 0.6) is 5.75 Å². The standard InChI is InChI=1S/C27H31F3N2O4/c1-18(19-8-10-20(11-9-19)24(33)35-2)31-25(34)26(13-3-4-14-26)32-15-12-23(17-32)36-22-7-5-6-21(16-22)27(28,29)30/h5-11,16,18,23H,3-4,12-15,17H2,1-2H3,(H,31,34)/t18?,23-/m1/s1. The first-order valence-corrected chi connectivity index (χ1v) is 12.2. The number of carbonyl (C=O) groups is 2. The molecule has 1 N–H and O–H groups in total. The molecule has 2 aliphatic rings. The summed E-state index contributed by atoms with van der Waals surface area (Å²) in [6.07, 6.45) is -0.760. The van der Waals surface area contributed by atoms with Crippen LogP contribution in [0.4, 0.5) is 13.2 Å². The Hall–Kier alpha value is -3.07. The predicted molar refractivity (Wildman–Crippen MR) is 128 cm³/mol. The van der Waals surface area contributed by atoms with Crippen LogP contribution in [0.1, 0.15) is 66.6 Å². The number of esters is 1. The zero-order valence-electron chi connectivity index (χ0n) is 20.4. The summed E-state index contributed by atoms with van der Waals surface area (Å²) in [5, 5.41) is 3.14. The highest BCUT2D eigenvalue weighted by Crippen LogP contribution is 2.39. The number of carbonyl (C=O) groups excluding carboxylic acids is 2. The van der Waals surface area contributed by atoms with Crippen LogP contribution < -0.4 is 10.1 Å². The Balaban J connectivity index is 1.42. The molecule has 2 aromatic carbocycles. The van der Waals surface area contributed by atoms with Crippen LogP contribution in [-0.4, -0.2) is 48.6 Å². The minimum absolute atomic E-state index is 0.0516. The van der Waals surface area contributed by atoms with Gasteiger partial charge in [-0.3, -0.25) is 9.69 Å². The molecule has 2 aromatic rings. The van der Waals surface area contributed by atoms with E-state index in [0.29, 0.717) is 25.1 Å². The summed E-state index contributed by atoms with van der Waals surface area (Å²) in [5.74, 6) is -0.283. The van der Waals surface area contributed by atoms with Crippen LogP contribution in [-0.2, 0) is 15.7 Å². The lowest BCUT2D eigenvalue weighted by atomic mass is 9.93. The molecule has 2 atom stereocenters. The van der Waals surface area contributed by atoms with Crippen LogP contribution in [0, 0.1) is 0 Å². The maximum atomic E-state index is 13.6. The number of halogens is 3. The van der Waals surface area contributed by atoms with E-state index >= 15 is 0 Å². The number of likely N-dealkylation sites (tertiary alicyclic amines) is 1. The van der Waals surface area contributed by atoms with Crippen molar-refractivity contribution in [1.29, 1.82) is 0 Å². The van der Waals surface area contributed by atoms with Crippen molar-refractivity contribution in [2.45, 2.75) is 62.9 Å². The Labute approximate surface area is 208 Å². The molecule has 9 heteroatoms. The van der Waals surface area contributed by atoms with Gasteiger partial charge in [0.1, 0.15) is 17.4 Å². The van der Waals surface area contributed by atoms with Crippen molar-refractivity contribution in [1.82, 2.24) is 10.2 Å². The molecule has 1 heterocycles. The predicted octanol–water partition coefficient (Wildman–Crippen LogP) is 5.14. The fraction of sp³-hybridized carbons (Fsp3) is 0.481. The molecule has 1 saturated heterocycles. The maximum Gasteiger partial charge on any atom is 0.416 e. The van der Waals surface area contributed by atoms with E-state index in [1.54, 1.807) is 24.3 Å². The van der Waals surface area contributed by atoms with Crippen molar-refractivity contribution in [2.75, 3.05) is 20.2 Å². The van der Waals surface area contributed by atoms with E-state index in [-0.39, 0.29) is 23.8 Å². The molecule has 1 aliphatic carbocycles. The van der Waals surface area contributed by atoms with Crippen molar-refractivity contribution in [3.05, 3.63) is 65.2 Å². The summed E-state index contributed by atoms with van der Waals surface area (Å²) >= 11 is 0. The lowest BCUT2D eigenvalue weighted by Gasteiger charge is -2.38. The fourth-order valence-electron chi connectivity index (χ4n) is 5.24. The molecule has 0 radical (unpaired) electrons. The third-order valence-corrected chi connectivity index (χ3v) is 7.25. The molecule has 36 heavy (non-hydrogen) atoms. The van der Waals surface area contributed by atoms with Crippen LogP contribution in [0.25, 0.3) is 0 Å². The summed E-state index contributed by atoms with van der Waals surface area (Å²) in [6.45, 7) is 3.02. The Morgan fingerprint density at radius 1 is 1.11 bits per heavy atom. The van der Waals surface area contributed by atoms with Crippen LogP contribution in [0.2, 0.25) is 0 Å². The zero-order chi connectivity index (χ0) is 25.9. The monoisotopic (exact) mass is 504 g/mol. The molecule has 2 fully saturated rings. The van der Waals surface area contributed by atoms with Gasteiger partial charge in [0, 0.05) is 13.1 Å². The fourth-order valence-corrected chi connectivity index (χ4v) is 5.24. The van der Waals surface area contributed by atoms with Gasteiger partial charge in [-0.05, 0) is 62.1 Å². The second-order valence-electron chi connectivity index (χ2n) is 9.55. The number of alkyl halides is 3. The van der Waals surface area contributed by atoms with Crippen molar-refractivity contribution in [2.24, 2.45) is 0 Å². The molecule has 1 unspecified atom stereocenters. The molecule has 0 aromatic heterocycles. The van der Waals surface area contributed by atoms with Gasteiger partial charge in [-0.15, -0.1) is 0 Å². The van der Waals surface area contributed by atoms with Gasteiger partial charge in [-0.25, -0.2) is 4.79 Å². The molecule has 4 rings (SSSR count). The highest BCUT2D eigenvalue weighted by atomic mass is 19.4. The van der Waals surface area contributed by atoms with E-state index in [9.17, 15) is 22.8 Å². The van der Waals surface area contributed by atoms with Gasteiger partial charge in [0.2, 0.25) is 5.91 Å². The van der Waals surface area contributed by atoms with Gasteiger partial charge in [-0.2, -0.15) is 13.2 Å². The highest BCUT2D eigenvalue weighted by molar-refractivity contribution is 5.89. The second kappa shape index (κ2) is 10.5. The molecule has 1 aliphatic heterocycles. The minimum Gasteiger partial charge on any atom is -0.489 e. The molecular weight excluding hydrogens is 473 g/mol. The number of hydrogen-bond donors (Lipinski definition) is 1. The maximum absolute atomic E-state index is 13.6. The van der Waals surface area contributed by atoms with E-state index < -0.39 is 23.2 Å². The lowest BCUT2D eigenvalue weighted by Crippen LogP contribution is -2.57. The average molecular weight is 505 g/mol. The summed E-state index contributed by atoms with van der Waals surface area (Å²) < 4.78 is 49.8. The highest BCUT2D eigenvalue weighted by Gasteiger charge is 2.49. The number of methoxy groups -OCH3 is 1. The molecule has 0 spiro atoms. The second-order valence-corrected chi connectivity index (χ2v) is 9.55. The number of nitrogens with one attached hydrogen (secondary N) is 1. The Bertz CT molecular complexity index is 1080. The van der Waals surface area contributed by atoms with E-state index in [1.165, 1.54) is 19.2 Å². The van der Waals surface area contributed by atoms with Crippen molar-refractivity contribution in [3.8, 4) is 5.75 Å². The first-order valence-electron chi connectivity index (χ1n) is 12.2. The van der Waals surface area contributed by atoms with Crippen LogP contribution in [0.15, 0.2) is 48.5 Å². The molecule has 1 amide bonds. The molecule has 194 valence electrons. The number of rotatable bonds is 7. The molecule has 6 nitrogen and oxygen atoms in total. The van der Waals surface area contributed by atoms with Gasteiger partial charge in [0.05, 0.1) is 24.3 Å². The Kier molecular flexibility index (Phi) is 7.59. The number of nitrogens with zero attached hydrogens (tertiary/aromatic N) is 1. The summed E-state index contributed by atoms with van der Waals surface area (Å²) in [7, 11) is 1.33. The van der Waals surface area contributed by atoms with E-state index in [0.717, 1.165) is 43.4 Å². The van der Waals surface area contributed by atoms with Gasteiger partial charge in [0.15, 0.2) is 0 Å². The molecule has 1 saturated carbocycles. The number of amides is 1. The first kappa shape index (κ1) is 26.0. The third kappa shape index (κ3) is 5.51. The molecule has 0 bridgehead atoms. The average Bonchev–Trinajstić information content (AvgIpc) is 3.54. The summed E-state index contributed by atoms with van der Waals surface area (Å²) in [5.41, 5.74) is -0.0890. The van der Waals surface area contributed by atoms with Crippen LogP contribution >= 0.6 is 0 Å². The Morgan fingerprint density at radius 2 is 1.81 bits per heavy atom. The minimum atomic E-state index is -4.43. The van der Waals surface area contributed by atoms with Crippen molar-refractivity contribution < 1.29 is 32.2 Å². The van der Waals surface area contributed by atoms with Gasteiger partial charge < -0.3 is 14.8 Å². The number of benzene rings is 2. The summed E-state index contributed by atoms with van der Waals surface area (Å²) in [6, 6.07) is 11.6. The first-order chi connectivity index (χ1) is 17.1. The number of ether oxygens (including phenoxy) is 2. The smallest absolute Gasteiger partial charge is 0.416 e. The zero-order valence-corrected chi connectivity index (χ0v) is 20.4. The lowest BCUT2D eigenvalue weighted by molar-refractivity contribution is -0.138. The van der Waals surface area contributed by atoms with Crippen molar-refractivity contribution >= 4 is 11.9 Å². The van der Waals surface area contributed by atoms with Crippen molar-refractivity contribution in [3.63, 3.8) is 0 Å². The largest absolute Gasteiger partial charge is 0.489 e. The number of hydrogen-bond acceptors (Lipinski definition) is 5. The SMILES string of the molecule is COC(=O)c1ccc(C(C)NC(=O)C2(N3CC[C@@H](Oc4cccc(C(F)(F)F)c4)C3)CCCC2)cc1. The van der Waals surface area contributed by atoms with Gasteiger partial charge in [0.25, 0.3) is 0 Å². The van der Waals surface area contributed by atoms with Crippen LogP contribution in [0.3, 0.4) is 0 Å². The normalized spacial score (nSPS) is 20.6. The van der Waals surface area contributed by atoms with Gasteiger partial charge in [-0.1, -0.05) is 31.0 Å². The quantitative estimate of drug-likeness (QED) is 0.530. The third-order valence-electron chi connectivity index (χ3n) is 7.25. The summed E-state index contributed by atoms with van der Waals surface area (Å²) in [4.78, 5) is 27.4. The topological polar surface area (TPSA) is 67.9 Å². The van der Waals surface area contributed by atoms with E-state index in [1.807, 2.05) is 6.92 Å². The van der Waals surface area contributed by atoms with Gasteiger partial charge >= 0.3 is 12.1 Å². The van der Waals surface area contributed by atoms with E-state index in [4.69, 9.17) is 9.47 Å². The Morgan fingerprint density at radius 3 is 2.44 bits per heavy atom. The van der Waals surface area contributed by atoms with E-state index in [2.05, 4.69) is 10.2 Å². The molecular formula is C27H31F3N2O4.